The monoisotopic (exact) mass is 507 g/mol. The summed E-state index contributed by atoms with van der Waals surface area (Å²) in [4.78, 5) is 9.15. The van der Waals surface area contributed by atoms with Crippen molar-refractivity contribution in [1.82, 2.24) is 30.2 Å². The van der Waals surface area contributed by atoms with E-state index in [2.05, 4.69) is 50.8 Å². The Bertz CT molecular complexity index is 570. The third-order valence-corrected chi connectivity index (χ3v) is 5.17. The topological polar surface area (TPSA) is 70.0 Å². The average molecular weight is 507 g/mol. The molecule has 8 nitrogen and oxygen atoms in total. The molecule has 28 heavy (non-hydrogen) atoms. The summed E-state index contributed by atoms with van der Waals surface area (Å²) in [6.07, 6.45) is 7.41. The van der Waals surface area contributed by atoms with Crippen molar-refractivity contribution in [1.29, 1.82) is 0 Å². The number of likely N-dealkylation sites (tertiary alicyclic amines) is 1. The van der Waals surface area contributed by atoms with Crippen LogP contribution in [0.5, 0.6) is 0 Å². The number of ether oxygens (including phenoxy) is 1. The lowest BCUT2D eigenvalue weighted by molar-refractivity contribution is 0.155. The Morgan fingerprint density at radius 2 is 2.11 bits per heavy atom. The molecule has 1 aromatic rings. The highest BCUT2D eigenvalue weighted by molar-refractivity contribution is 14.0. The fourth-order valence-corrected chi connectivity index (χ4v) is 3.53. The first-order valence-corrected chi connectivity index (χ1v) is 9.87. The number of halogens is 1. The number of likely N-dealkylation sites (N-methyl/N-ethyl adjacent to an activating group) is 1. The molecule has 0 radical (unpaired) electrons. The second-order valence-corrected chi connectivity index (χ2v) is 7.49. The maximum Gasteiger partial charge on any atom is 0.191 e. The predicted molar refractivity (Wildman–Crippen MR) is 126 cm³/mol. The van der Waals surface area contributed by atoms with Crippen LogP contribution in [-0.4, -0.2) is 92.6 Å². The molecule has 0 aromatic carbocycles. The van der Waals surface area contributed by atoms with Crippen LogP contribution in [0.4, 0.5) is 0 Å². The number of rotatable bonds is 9. The molecule has 0 spiro atoms. The number of hydrogen-bond acceptors (Lipinski definition) is 5. The standard InChI is InChI=1S/C19H37N7O.HI/c1-20-19(21-14-18(24(2)3)16-13-22-25(4)15-16)23-17-7-10-26(11-8-17)9-6-12-27-5;/h13,15,17-18H,6-12,14H2,1-5H3,(H2,20,21,23);1H. The van der Waals surface area contributed by atoms with Crippen molar-refractivity contribution in [3.8, 4) is 0 Å². The van der Waals surface area contributed by atoms with E-state index in [1.165, 1.54) is 5.56 Å². The summed E-state index contributed by atoms with van der Waals surface area (Å²) in [5.41, 5.74) is 1.20. The molecule has 1 fully saturated rings. The van der Waals surface area contributed by atoms with E-state index in [1.807, 2.05) is 25.0 Å². The summed E-state index contributed by atoms with van der Waals surface area (Å²) in [5, 5.41) is 11.4. The van der Waals surface area contributed by atoms with Gasteiger partial charge in [0, 0.05) is 71.8 Å². The van der Waals surface area contributed by atoms with E-state index in [9.17, 15) is 0 Å². The zero-order valence-corrected chi connectivity index (χ0v) is 20.3. The van der Waals surface area contributed by atoms with E-state index < -0.39 is 0 Å². The number of methoxy groups -OCH3 is 1. The Hall–Kier alpha value is -0.910. The Kier molecular flexibility index (Phi) is 12.0. The van der Waals surface area contributed by atoms with E-state index in [1.54, 1.807) is 7.11 Å². The number of piperidine rings is 1. The smallest absolute Gasteiger partial charge is 0.191 e. The zero-order chi connectivity index (χ0) is 19.6. The molecule has 0 amide bonds. The Morgan fingerprint density at radius 1 is 1.39 bits per heavy atom. The molecule has 162 valence electrons. The number of aliphatic imine (C=N–C) groups is 1. The van der Waals surface area contributed by atoms with Gasteiger partial charge in [0.25, 0.3) is 0 Å². The summed E-state index contributed by atoms with van der Waals surface area (Å²) in [6, 6.07) is 0.728. The van der Waals surface area contributed by atoms with Crippen LogP contribution >= 0.6 is 24.0 Å². The first-order chi connectivity index (χ1) is 13.0. The minimum atomic E-state index is 0. The molecule has 2 N–H and O–H groups in total. The van der Waals surface area contributed by atoms with Crippen LogP contribution in [0.3, 0.4) is 0 Å². The highest BCUT2D eigenvalue weighted by Crippen LogP contribution is 2.16. The summed E-state index contributed by atoms with van der Waals surface area (Å²) in [6.45, 7) is 5.03. The molecule has 9 heteroatoms. The molecular weight excluding hydrogens is 469 g/mol. The molecule has 0 saturated carbocycles. The van der Waals surface area contributed by atoms with Crippen molar-refractivity contribution in [2.75, 3.05) is 61.0 Å². The third-order valence-electron chi connectivity index (χ3n) is 5.17. The summed E-state index contributed by atoms with van der Waals surface area (Å²) in [7, 11) is 9.74. The van der Waals surface area contributed by atoms with Crippen LogP contribution in [0.15, 0.2) is 17.4 Å². The highest BCUT2D eigenvalue weighted by Gasteiger charge is 2.21. The van der Waals surface area contributed by atoms with Crippen LogP contribution in [0.1, 0.15) is 30.9 Å². The molecule has 1 atom stereocenters. The quantitative estimate of drug-likeness (QED) is 0.228. The van der Waals surface area contributed by atoms with Crippen molar-refractivity contribution >= 4 is 29.9 Å². The van der Waals surface area contributed by atoms with Crippen LogP contribution < -0.4 is 10.6 Å². The minimum Gasteiger partial charge on any atom is -0.385 e. The van der Waals surface area contributed by atoms with Crippen molar-refractivity contribution in [2.45, 2.75) is 31.3 Å². The molecule has 0 bridgehead atoms. The molecule has 1 aliphatic rings. The van der Waals surface area contributed by atoms with Gasteiger partial charge in [-0.2, -0.15) is 5.10 Å². The lowest BCUT2D eigenvalue weighted by Gasteiger charge is -2.33. The normalized spacial score (nSPS) is 17.4. The largest absolute Gasteiger partial charge is 0.385 e. The Balaban J connectivity index is 0.00000392. The van der Waals surface area contributed by atoms with E-state index in [0.29, 0.717) is 6.04 Å². The predicted octanol–water partition coefficient (Wildman–Crippen LogP) is 1.31. The highest BCUT2D eigenvalue weighted by atomic mass is 127. The maximum absolute atomic E-state index is 5.15. The molecular formula is C19H38IN7O. The van der Waals surface area contributed by atoms with Gasteiger partial charge in [0.1, 0.15) is 0 Å². The number of guanidine groups is 1. The second kappa shape index (κ2) is 13.3. The average Bonchev–Trinajstić information content (AvgIpc) is 3.08. The van der Waals surface area contributed by atoms with Crippen LogP contribution in [0.25, 0.3) is 0 Å². The van der Waals surface area contributed by atoms with E-state index in [0.717, 1.165) is 58.0 Å². The van der Waals surface area contributed by atoms with Crippen molar-refractivity contribution in [3.63, 3.8) is 0 Å². The summed E-state index contributed by atoms with van der Waals surface area (Å²) in [5.74, 6) is 0.878. The van der Waals surface area contributed by atoms with Gasteiger partial charge < -0.3 is 25.2 Å². The van der Waals surface area contributed by atoms with Crippen molar-refractivity contribution in [3.05, 3.63) is 18.0 Å². The van der Waals surface area contributed by atoms with Gasteiger partial charge in [-0.3, -0.25) is 9.67 Å². The molecule has 1 aromatic heterocycles. The number of nitrogens with zero attached hydrogens (tertiary/aromatic N) is 5. The van der Waals surface area contributed by atoms with Gasteiger partial charge in [0.05, 0.1) is 12.2 Å². The van der Waals surface area contributed by atoms with Gasteiger partial charge in [-0.15, -0.1) is 24.0 Å². The van der Waals surface area contributed by atoms with Crippen LogP contribution in [0.2, 0.25) is 0 Å². The van der Waals surface area contributed by atoms with Gasteiger partial charge in [-0.1, -0.05) is 0 Å². The molecule has 2 heterocycles. The lowest BCUT2D eigenvalue weighted by atomic mass is 10.1. The van der Waals surface area contributed by atoms with Crippen LogP contribution in [0, 0.1) is 0 Å². The summed E-state index contributed by atoms with van der Waals surface area (Å²) < 4.78 is 6.99. The van der Waals surface area contributed by atoms with E-state index in [4.69, 9.17) is 4.74 Å². The van der Waals surface area contributed by atoms with E-state index in [-0.39, 0.29) is 30.0 Å². The third kappa shape index (κ3) is 8.22. The number of aryl methyl sites for hydroxylation is 1. The Labute approximate surface area is 187 Å². The summed E-state index contributed by atoms with van der Waals surface area (Å²) >= 11 is 0. The van der Waals surface area contributed by atoms with Gasteiger partial charge in [-0.25, -0.2) is 0 Å². The van der Waals surface area contributed by atoms with Gasteiger partial charge in [0.2, 0.25) is 0 Å². The fraction of sp³-hybridized carbons (Fsp3) is 0.789. The van der Waals surface area contributed by atoms with Gasteiger partial charge in [-0.05, 0) is 33.4 Å². The number of hydrogen-bond donors (Lipinski definition) is 2. The first-order valence-electron chi connectivity index (χ1n) is 9.87. The Morgan fingerprint density at radius 3 is 2.64 bits per heavy atom. The van der Waals surface area contributed by atoms with Gasteiger partial charge >= 0.3 is 0 Å². The molecule has 1 unspecified atom stereocenters. The first kappa shape index (κ1) is 25.1. The lowest BCUT2D eigenvalue weighted by Crippen LogP contribution is -2.50. The van der Waals surface area contributed by atoms with Crippen LogP contribution in [-0.2, 0) is 11.8 Å². The number of aromatic nitrogens is 2. The SMILES string of the molecule is CN=C(NCC(c1cnn(C)c1)N(C)C)NC1CCN(CCCOC)CC1.I. The van der Waals surface area contributed by atoms with Gasteiger partial charge in [0.15, 0.2) is 5.96 Å². The van der Waals surface area contributed by atoms with Crippen molar-refractivity contribution in [2.24, 2.45) is 12.0 Å². The molecule has 0 aliphatic carbocycles. The maximum atomic E-state index is 5.15. The minimum absolute atomic E-state index is 0. The molecule has 2 rings (SSSR count). The second-order valence-electron chi connectivity index (χ2n) is 7.49. The van der Waals surface area contributed by atoms with Crippen molar-refractivity contribution < 1.29 is 4.74 Å². The number of nitrogens with one attached hydrogen (secondary N) is 2. The molecule has 1 saturated heterocycles. The zero-order valence-electron chi connectivity index (χ0n) is 18.0. The van der Waals surface area contributed by atoms with E-state index >= 15 is 0 Å². The molecule has 1 aliphatic heterocycles. The fourth-order valence-electron chi connectivity index (χ4n) is 3.53.